The number of sulfonamides is 1. The van der Waals surface area contributed by atoms with Gasteiger partial charge in [0.05, 0.1) is 18.2 Å². The summed E-state index contributed by atoms with van der Waals surface area (Å²) >= 11 is 0. The Kier molecular flexibility index (Phi) is 9.14. The molecule has 0 bridgehead atoms. The summed E-state index contributed by atoms with van der Waals surface area (Å²) in [5, 5.41) is 2.91. The summed E-state index contributed by atoms with van der Waals surface area (Å²) in [6.07, 6.45) is 2.72. The number of hydrogen-bond acceptors (Lipinski definition) is 4. The molecule has 0 unspecified atom stereocenters. The maximum Gasteiger partial charge on any atom is 0.224 e. The lowest BCUT2D eigenvalue weighted by Gasteiger charge is -2.31. The Labute approximate surface area is 204 Å². The van der Waals surface area contributed by atoms with Crippen molar-refractivity contribution in [1.82, 2.24) is 9.62 Å². The van der Waals surface area contributed by atoms with E-state index in [4.69, 9.17) is 4.74 Å². The summed E-state index contributed by atoms with van der Waals surface area (Å²) in [4.78, 5) is 12.6. The van der Waals surface area contributed by atoms with Gasteiger partial charge in [0, 0.05) is 13.1 Å². The minimum Gasteiger partial charge on any atom is -0.492 e. The van der Waals surface area contributed by atoms with Gasteiger partial charge in [-0.25, -0.2) is 12.7 Å². The van der Waals surface area contributed by atoms with E-state index in [2.05, 4.69) is 38.2 Å². The van der Waals surface area contributed by atoms with Crippen LogP contribution in [0.4, 0.5) is 0 Å². The maximum atomic E-state index is 12.8. The van der Waals surface area contributed by atoms with Crippen LogP contribution in [0.3, 0.4) is 0 Å². The van der Waals surface area contributed by atoms with Gasteiger partial charge in [-0.1, -0.05) is 63.2 Å². The van der Waals surface area contributed by atoms with Gasteiger partial charge in [-0.05, 0) is 54.4 Å². The molecule has 34 heavy (non-hydrogen) atoms. The average molecular weight is 487 g/mol. The van der Waals surface area contributed by atoms with Gasteiger partial charge in [0.1, 0.15) is 12.4 Å². The van der Waals surface area contributed by atoms with E-state index in [9.17, 15) is 13.2 Å². The van der Waals surface area contributed by atoms with E-state index in [-0.39, 0.29) is 29.5 Å². The molecule has 0 aliphatic carbocycles. The lowest BCUT2D eigenvalue weighted by molar-refractivity contribution is -0.126. The summed E-state index contributed by atoms with van der Waals surface area (Å²) in [7, 11) is -3.37. The standard InChI is InChI=1S/C27H38N2O4S/c1-27(2,3)24-13-15-25(16-14-24)33-19-17-28-26(30)23-12-7-18-29(21-23)34(31,32)20-8-11-22-9-5-4-6-10-22/h4-6,9-10,13-16,23H,7-8,11-12,17-21H2,1-3H3,(H,28,30)/t23-/m1/s1. The lowest BCUT2D eigenvalue weighted by atomic mass is 9.87. The number of carbonyl (C=O) groups is 1. The van der Waals surface area contributed by atoms with E-state index in [0.717, 1.165) is 17.7 Å². The van der Waals surface area contributed by atoms with Crippen molar-refractivity contribution in [2.24, 2.45) is 5.92 Å². The van der Waals surface area contributed by atoms with Crippen LogP contribution in [0.15, 0.2) is 54.6 Å². The molecule has 1 atom stereocenters. The zero-order valence-electron chi connectivity index (χ0n) is 20.6. The predicted molar refractivity (Wildman–Crippen MR) is 136 cm³/mol. The first-order chi connectivity index (χ1) is 16.1. The highest BCUT2D eigenvalue weighted by molar-refractivity contribution is 7.89. The first kappa shape index (κ1) is 26.2. The lowest BCUT2D eigenvalue weighted by Crippen LogP contribution is -2.46. The second-order valence-electron chi connectivity index (χ2n) is 10.0. The van der Waals surface area contributed by atoms with Crippen molar-refractivity contribution in [3.05, 3.63) is 65.7 Å². The van der Waals surface area contributed by atoms with Gasteiger partial charge in [0.15, 0.2) is 0 Å². The molecule has 0 radical (unpaired) electrons. The van der Waals surface area contributed by atoms with Crippen LogP contribution >= 0.6 is 0 Å². The van der Waals surface area contributed by atoms with Gasteiger partial charge in [-0.2, -0.15) is 0 Å². The molecule has 6 nitrogen and oxygen atoms in total. The third-order valence-corrected chi connectivity index (χ3v) is 8.17. The van der Waals surface area contributed by atoms with E-state index < -0.39 is 10.0 Å². The number of benzene rings is 2. The van der Waals surface area contributed by atoms with E-state index in [1.54, 1.807) is 0 Å². The van der Waals surface area contributed by atoms with Crippen molar-refractivity contribution in [2.45, 2.75) is 51.9 Å². The molecule has 1 aliphatic rings. The Balaban J connectivity index is 1.40. The third kappa shape index (κ3) is 7.84. The van der Waals surface area contributed by atoms with Gasteiger partial charge >= 0.3 is 0 Å². The van der Waals surface area contributed by atoms with E-state index in [0.29, 0.717) is 39.0 Å². The Bertz CT molecular complexity index is 1010. The number of piperidine rings is 1. The summed E-state index contributed by atoms with van der Waals surface area (Å²) in [6, 6.07) is 17.9. The molecule has 1 saturated heterocycles. The second-order valence-corrected chi connectivity index (χ2v) is 12.1. The van der Waals surface area contributed by atoms with Crippen molar-refractivity contribution in [2.75, 3.05) is 32.0 Å². The fourth-order valence-electron chi connectivity index (χ4n) is 4.18. The van der Waals surface area contributed by atoms with Crippen LogP contribution in [-0.2, 0) is 26.7 Å². The number of hydrogen-bond donors (Lipinski definition) is 1. The third-order valence-electron chi connectivity index (χ3n) is 6.25. The topological polar surface area (TPSA) is 75.7 Å². The molecule has 2 aromatic rings. The highest BCUT2D eigenvalue weighted by Crippen LogP contribution is 2.24. The molecule has 1 N–H and O–H groups in total. The molecule has 1 amide bonds. The van der Waals surface area contributed by atoms with Crippen LogP contribution in [0.1, 0.15) is 51.2 Å². The summed E-state index contributed by atoms with van der Waals surface area (Å²) in [5.41, 5.74) is 2.47. The highest BCUT2D eigenvalue weighted by atomic mass is 32.2. The zero-order chi connectivity index (χ0) is 24.6. The zero-order valence-corrected chi connectivity index (χ0v) is 21.4. The molecule has 7 heteroatoms. The van der Waals surface area contributed by atoms with Crippen LogP contribution in [0.25, 0.3) is 0 Å². The van der Waals surface area contributed by atoms with Crippen LogP contribution in [0.2, 0.25) is 0 Å². The predicted octanol–water partition coefficient (Wildman–Crippen LogP) is 4.15. The van der Waals surface area contributed by atoms with Gasteiger partial charge in [0.2, 0.25) is 15.9 Å². The number of nitrogens with one attached hydrogen (secondary N) is 1. The number of nitrogens with zero attached hydrogens (tertiary/aromatic N) is 1. The van der Waals surface area contributed by atoms with Crippen molar-refractivity contribution in [3.63, 3.8) is 0 Å². The molecule has 1 aliphatic heterocycles. The monoisotopic (exact) mass is 486 g/mol. The van der Waals surface area contributed by atoms with Gasteiger partial charge < -0.3 is 10.1 Å². The van der Waals surface area contributed by atoms with Gasteiger partial charge in [-0.3, -0.25) is 4.79 Å². The van der Waals surface area contributed by atoms with Crippen LogP contribution < -0.4 is 10.1 Å². The molecular weight excluding hydrogens is 448 g/mol. The number of carbonyl (C=O) groups excluding carboxylic acids is 1. The largest absolute Gasteiger partial charge is 0.492 e. The Morgan fingerprint density at radius 3 is 2.47 bits per heavy atom. The Hall–Kier alpha value is -2.38. The van der Waals surface area contributed by atoms with Crippen molar-refractivity contribution < 1.29 is 17.9 Å². The first-order valence-electron chi connectivity index (χ1n) is 12.2. The molecule has 2 aromatic carbocycles. The fourth-order valence-corrected chi connectivity index (χ4v) is 5.76. The smallest absolute Gasteiger partial charge is 0.224 e. The molecule has 1 fully saturated rings. The fraction of sp³-hybridized carbons (Fsp3) is 0.519. The maximum absolute atomic E-state index is 12.8. The normalized spacial score (nSPS) is 17.3. The van der Waals surface area contributed by atoms with E-state index >= 15 is 0 Å². The number of rotatable bonds is 10. The Morgan fingerprint density at radius 2 is 1.79 bits per heavy atom. The summed E-state index contributed by atoms with van der Waals surface area (Å²) < 4.78 is 32.9. The van der Waals surface area contributed by atoms with Gasteiger partial charge in [0.25, 0.3) is 0 Å². The number of amides is 1. The molecule has 1 heterocycles. The number of ether oxygens (including phenoxy) is 1. The SMILES string of the molecule is CC(C)(C)c1ccc(OCCNC(=O)[C@@H]2CCCN(S(=O)(=O)CCCc3ccccc3)C2)cc1. The molecular formula is C27H38N2O4S. The molecule has 0 spiro atoms. The quantitative estimate of drug-likeness (QED) is 0.512. The minimum absolute atomic E-state index is 0.0930. The molecule has 0 saturated carbocycles. The van der Waals surface area contributed by atoms with Crippen molar-refractivity contribution >= 4 is 15.9 Å². The molecule has 3 rings (SSSR count). The Morgan fingerprint density at radius 1 is 1.09 bits per heavy atom. The molecule has 0 aromatic heterocycles. The second kappa shape index (κ2) is 11.8. The van der Waals surface area contributed by atoms with Gasteiger partial charge in [-0.15, -0.1) is 0 Å². The first-order valence-corrected chi connectivity index (χ1v) is 13.8. The summed E-state index contributed by atoms with van der Waals surface area (Å²) in [5.74, 6) is 0.463. The van der Waals surface area contributed by atoms with Crippen LogP contribution in [-0.4, -0.2) is 50.6 Å². The molecule has 186 valence electrons. The summed E-state index contributed by atoms with van der Waals surface area (Å²) in [6.45, 7) is 8.01. The minimum atomic E-state index is -3.37. The average Bonchev–Trinajstić information content (AvgIpc) is 2.82. The van der Waals surface area contributed by atoms with Crippen molar-refractivity contribution in [1.29, 1.82) is 0 Å². The van der Waals surface area contributed by atoms with Crippen LogP contribution in [0.5, 0.6) is 5.75 Å². The van der Waals surface area contributed by atoms with E-state index in [1.165, 1.54) is 9.87 Å². The highest BCUT2D eigenvalue weighted by Gasteiger charge is 2.31. The van der Waals surface area contributed by atoms with E-state index in [1.807, 2.05) is 42.5 Å². The van der Waals surface area contributed by atoms with Crippen LogP contribution in [0, 0.1) is 5.92 Å². The van der Waals surface area contributed by atoms with Crippen molar-refractivity contribution in [3.8, 4) is 5.75 Å². The number of aryl methyl sites for hydroxylation is 1.